The normalized spacial score (nSPS) is 14.8. The number of aromatic amines is 1. The number of pyridine rings is 1. The van der Waals surface area contributed by atoms with Crippen LogP contribution in [-0.4, -0.2) is 27.3 Å². The lowest BCUT2D eigenvalue weighted by molar-refractivity contribution is -0.115. The molecular formula is C22H21FN4O2. The zero-order chi connectivity index (χ0) is 20.6. The number of carbonyl (C=O) groups is 2. The monoisotopic (exact) mass is 392 g/mol. The second kappa shape index (κ2) is 7.16. The highest BCUT2D eigenvalue weighted by Crippen LogP contribution is 2.28. The average Bonchev–Trinajstić information content (AvgIpc) is 3.07. The number of nitrogens with zero attached hydrogens (tertiary/aromatic N) is 1. The molecule has 0 fully saturated rings. The van der Waals surface area contributed by atoms with Gasteiger partial charge in [-0.3, -0.25) is 9.59 Å². The lowest BCUT2D eigenvalue weighted by Crippen LogP contribution is -2.48. The number of rotatable bonds is 4. The molecule has 0 saturated carbocycles. The Morgan fingerprint density at radius 1 is 1.21 bits per heavy atom. The molecule has 0 bridgehead atoms. The van der Waals surface area contributed by atoms with Crippen molar-refractivity contribution in [3.05, 3.63) is 71.3 Å². The number of nitrogens with one attached hydrogen (secondary N) is 3. The third-order valence-corrected chi connectivity index (χ3v) is 4.83. The van der Waals surface area contributed by atoms with Crippen molar-refractivity contribution < 1.29 is 14.0 Å². The third-order valence-electron chi connectivity index (χ3n) is 4.83. The summed E-state index contributed by atoms with van der Waals surface area (Å²) in [7, 11) is 0. The predicted octanol–water partition coefficient (Wildman–Crippen LogP) is 3.46. The minimum absolute atomic E-state index is 0.0966. The molecule has 1 aliphatic rings. The maximum Gasteiger partial charge on any atom is 0.253 e. The number of hydrogen-bond donors (Lipinski definition) is 3. The third kappa shape index (κ3) is 4.18. The van der Waals surface area contributed by atoms with Gasteiger partial charge in [0.05, 0.1) is 12.0 Å². The van der Waals surface area contributed by atoms with Crippen LogP contribution in [-0.2, 0) is 17.6 Å². The van der Waals surface area contributed by atoms with Crippen LogP contribution >= 0.6 is 0 Å². The molecule has 7 heteroatoms. The maximum atomic E-state index is 13.0. The van der Waals surface area contributed by atoms with E-state index in [1.54, 1.807) is 24.4 Å². The van der Waals surface area contributed by atoms with E-state index in [0.29, 0.717) is 23.4 Å². The number of fused-ring (bicyclic) bond motifs is 1. The number of benzene rings is 1. The van der Waals surface area contributed by atoms with Crippen LogP contribution in [0.2, 0.25) is 0 Å². The first-order valence-corrected chi connectivity index (χ1v) is 9.34. The fourth-order valence-corrected chi connectivity index (χ4v) is 3.50. The first-order valence-electron chi connectivity index (χ1n) is 9.34. The topological polar surface area (TPSA) is 86.9 Å². The summed E-state index contributed by atoms with van der Waals surface area (Å²) in [5, 5.41) is 5.75. The summed E-state index contributed by atoms with van der Waals surface area (Å²) in [4.78, 5) is 32.1. The van der Waals surface area contributed by atoms with Crippen molar-refractivity contribution in [2.75, 3.05) is 5.32 Å². The molecule has 4 rings (SSSR count). The van der Waals surface area contributed by atoms with E-state index in [9.17, 15) is 14.0 Å². The summed E-state index contributed by atoms with van der Waals surface area (Å²) in [5.74, 6) is -0.269. The van der Waals surface area contributed by atoms with Crippen LogP contribution < -0.4 is 10.6 Å². The molecule has 0 unspecified atom stereocenters. The fraction of sp³-hybridized carbons (Fsp3) is 0.227. The van der Waals surface area contributed by atoms with Crippen LogP contribution in [0.25, 0.3) is 11.3 Å². The Morgan fingerprint density at radius 3 is 2.72 bits per heavy atom. The molecule has 3 heterocycles. The van der Waals surface area contributed by atoms with Gasteiger partial charge in [0, 0.05) is 35.1 Å². The second-order valence-corrected chi connectivity index (χ2v) is 7.87. The van der Waals surface area contributed by atoms with Gasteiger partial charge < -0.3 is 15.6 Å². The zero-order valence-electron chi connectivity index (χ0n) is 16.2. The van der Waals surface area contributed by atoms with E-state index in [0.717, 1.165) is 17.0 Å². The van der Waals surface area contributed by atoms with E-state index < -0.39 is 0 Å². The van der Waals surface area contributed by atoms with E-state index in [4.69, 9.17) is 0 Å². The zero-order valence-corrected chi connectivity index (χ0v) is 16.2. The van der Waals surface area contributed by atoms with Gasteiger partial charge in [0.15, 0.2) is 0 Å². The Labute approximate surface area is 167 Å². The molecule has 1 aliphatic heterocycles. The minimum atomic E-state index is -0.339. The van der Waals surface area contributed by atoms with Gasteiger partial charge in [-0.15, -0.1) is 0 Å². The Morgan fingerprint density at radius 2 is 1.97 bits per heavy atom. The molecular weight excluding hydrogens is 371 g/mol. The molecule has 2 amide bonds. The highest BCUT2D eigenvalue weighted by Gasteiger charge is 2.31. The van der Waals surface area contributed by atoms with Gasteiger partial charge >= 0.3 is 0 Å². The number of amides is 2. The number of hydrogen-bond acceptors (Lipinski definition) is 3. The van der Waals surface area contributed by atoms with E-state index >= 15 is 0 Å². The number of aromatic nitrogens is 2. The van der Waals surface area contributed by atoms with Crippen LogP contribution in [0.5, 0.6) is 0 Å². The van der Waals surface area contributed by atoms with Crippen molar-refractivity contribution in [3.8, 4) is 11.3 Å². The average molecular weight is 392 g/mol. The highest BCUT2D eigenvalue weighted by molar-refractivity contribution is 5.98. The van der Waals surface area contributed by atoms with Crippen LogP contribution in [0.4, 0.5) is 10.2 Å². The molecule has 0 aliphatic carbocycles. The number of anilines is 1. The highest BCUT2D eigenvalue weighted by atomic mass is 19.1. The summed E-state index contributed by atoms with van der Waals surface area (Å²) in [6.07, 6.45) is 2.44. The molecule has 0 radical (unpaired) electrons. The summed E-state index contributed by atoms with van der Waals surface area (Å²) in [5.41, 5.74) is 3.55. The Balaban J connectivity index is 1.51. The summed E-state index contributed by atoms with van der Waals surface area (Å²) in [6, 6.07) is 11.2. The fourth-order valence-electron chi connectivity index (χ4n) is 3.50. The van der Waals surface area contributed by atoms with Crippen molar-refractivity contribution in [3.63, 3.8) is 0 Å². The molecule has 3 aromatic rings. The van der Waals surface area contributed by atoms with Crippen LogP contribution in [0.3, 0.4) is 0 Å². The van der Waals surface area contributed by atoms with Crippen molar-refractivity contribution in [1.82, 2.24) is 15.3 Å². The second-order valence-electron chi connectivity index (χ2n) is 7.87. The predicted molar refractivity (Wildman–Crippen MR) is 108 cm³/mol. The van der Waals surface area contributed by atoms with Crippen molar-refractivity contribution >= 4 is 17.6 Å². The van der Waals surface area contributed by atoms with Gasteiger partial charge in [0.1, 0.15) is 11.6 Å². The van der Waals surface area contributed by atoms with Crippen molar-refractivity contribution in [2.24, 2.45) is 0 Å². The Bertz CT molecular complexity index is 1090. The number of carbonyl (C=O) groups excluding carboxylic acids is 2. The van der Waals surface area contributed by atoms with E-state index in [1.807, 2.05) is 26.0 Å². The lowest BCUT2D eigenvalue weighted by Gasteiger charge is -2.30. The van der Waals surface area contributed by atoms with Crippen LogP contribution in [0, 0.1) is 5.82 Å². The maximum absolute atomic E-state index is 13.0. The van der Waals surface area contributed by atoms with Crippen molar-refractivity contribution in [1.29, 1.82) is 0 Å². The number of halogens is 1. The van der Waals surface area contributed by atoms with Gasteiger partial charge in [0.2, 0.25) is 5.91 Å². The van der Waals surface area contributed by atoms with Crippen LogP contribution in [0.1, 0.15) is 35.5 Å². The van der Waals surface area contributed by atoms with Crippen LogP contribution in [0.15, 0.2) is 48.7 Å². The first-order chi connectivity index (χ1) is 13.8. The largest absolute Gasteiger partial charge is 0.358 e. The van der Waals surface area contributed by atoms with Gasteiger partial charge in [-0.25, -0.2) is 9.37 Å². The van der Waals surface area contributed by atoms with Crippen molar-refractivity contribution in [2.45, 2.75) is 32.2 Å². The van der Waals surface area contributed by atoms with Gasteiger partial charge in [-0.2, -0.15) is 0 Å². The van der Waals surface area contributed by atoms with Gasteiger partial charge in [-0.05, 0) is 49.7 Å². The first kappa shape index (κ1) is 18.9. The van der Waals surface area contributed by atoms with E-state index in [-0.39, 0.29) is 29.6 Å². The molecule has 1 aromatic carbocycles. The molecule has 3 N–H and O–H groups in total. The lowest BCUT2D eigenvalue weighted by atomic mass is 9.92. The molecule has 0 saturated heterocycles. The summed E-state index contributed by atoms with van der Waals surface area (Å²) in [6.45, 7) is 3.96. The summed E-state index contributed by atoms with van der Waals surface area (Å²) >= 11 is 0. The van der Waals surface area contributed by atoms with Gasteiger partial charge in [-0.1, -0.05) is 12.1 Å². The Hall–Kier alpha value is -3.48. The summed E-state index contributed by atoms with van der Waals surface area (Å²) < 4.78 is 13.0. The smallest absolute Gasteiger partial charge is 0.253 e. The quantitative estimate of drug-likeness (QED) is 0.635. The number of H-pyrrole nitrogens is 1. The molecule has 6 nitrogen and oxygen atoms in total. The molecule has 0 atom stereocenters. The molecule has 29 heavy (non-hydrogen) atoms. The molecule has 148 valence electrons. The molecule has 0 spiro atoms. The van der Waals surface area contributed by atoms with E-state index in [2.05, 4.69) is 20.6 Å². The Kier molecular flexibility index (Phi) is 4.66. The standard InChI is InChI=1S/C22H21FN4O2/c1-22(2)12-18-16(21(29)27-22)11-17(25-18)14-7-8-24-19(10-14)26-20(28)9-13-3-5-15(23)6-4-13/h3-8,10-11,25H,9,12H2,1-2H3,(H,27,29)(H,24,26,28). The SMILES string of the molecule is CC1(C)Cc2[nH]c(-c3ccnc(NC(=O)Cc4ccc(F)cc4)c3)cc2C(=O)N1. The molecule has 2 aromatic heterocycles. The minimum Gasteiger partial charge on any atom is -0.358 e. The van der Waals surface area contributed by atoms with E-state index in [1.165, 1.54) is 12.1 Å². The van der Waals surface area contributed by atoms with Gasteiger partial charge in [0.25, 0.3) is 5.91 Å².